The van der Waals surface area contributed by atoms with E-state index in [1.807, 2.05) is 0 Å². The highest BCUT2D eigenvalue weighted by molar-refractivity contribution is 7.12. The molecule has 2 aromatic rings. The molecule has 0 unspecified atom stereocenters. The second kappa shape index (κ2) is 6.74. The third-order valence-corrected chi connectivity index (χ3v) is 4.05. The zero-order chi connectivity index (χ0) is 16.3. The van der Waals surface area contributed by atoms with Crippen molar-refractivity contribution in [3.8, 4) is 0 Å². The Morgan fingerprint density at radius 3 is 2.50 bits per heavy atom. The lowest BCUT2D eigenvalue weighted by molar-refractivity contribution is -0.120. The van der Waals surface area contributed by atoms with Crippen LogP contribution in [0.5, 0.6) is 0 Å². The molecule has 0 atom stereocenters. The van der Waals surface area contributed by atoms with Crippen LogP contribution < -0.4 is 5.32 Å². The molecule has 7 heteroatoms. The Hall–Kier alpha value is -2.15. The minimum absolute atomic E-state index is 0.0255. The lowest BCUT2D eigenvalue weighted by atomic mass is 10.1. The van der Waals surface area contributed by atoms with Gasteiger partial charge in [0.1, 0.15) is 5.82 Å². The quantitative estimate of drug-likeness (QED) is 0.677. The third kappa shape index (κ3) is 3.73. The Labute approximate surface area is 128 Å². The van der Waals surface area contributed by atoms with Crippen molar-refractivity contribution >= 4 is 23.0 Å². The van der Waals surface area contributed by atoms with Gasteiger partial charge in [0.05, 0.1) is 11.3 Å². The van der Waals surface area contributed by atoms with Crippen LogP contribution in [0.25, 0.3) is 0 Å². The molecule has 116 valence electrons. The van der Waals surface area contributed by atoms with E-state index in [1.54, 1.807) is 11.4 Å². The van der Waals surface area contributed by atoms with Crippen molar-refractivity contribution in [2.24, 2.45) is 0 Å². The molecule has 2 rings (SSSR count). The maximum Gasteiger partial charge on any atom is 0.224 e. The molecule has 3 nitrogen and oxygen atoms in total. The predicted octanol–water partition coefficient (Wildman–Crippen LogP) is 3.23. The van der Waals surface area contributed by atoms with Gasteiger partial charge < -0.3 is 5.32 Å². The molecule has 0 bridgehead atoms. The molecule has 0 aliphatic carbocycles. The Balaban J connectivity index is 1.98. The van der Waals surface area contributed by atoms with Crippen LogP contribution in [0.4, 0.5) is 13.2 Å². The van der Waals surface area contributed by atoms with E-state index in [1.165, 1.54) is 18.3 Å². The first kappa shape index (κ1) is 16.2. The molecular formula is C15H12F3NO2S. The predicted molar refractivity (Wildman–Crippen MR) is 76.2 cm³/mol. The highest BCUT2D eigenvalue weighted by atomic mass is 32.1. The maximum atomic E-state index is 13.4. The number of halogens is 3. The summed E-state index contributed by atoms with van der Waals surface area (Å²) < 4.78 is 39.9. The molecule has 1 aromatic carbocycles. The van der Waals surface area contributed by atoms with Gasteiger partial charge in [0.15, 0.2) is 17.4 Å². The van der Waals surface area contributed by atoms with Crippen LogP contribution >= 0.6 is 11.3 Å². The van der Waals surface area contributed by atoms with E-state index < -0.39 is 35.5 Å². The van der Waals surface area contributed by atoms with E-state index in [0.717, 1.165) is 6.07 Å². The fourth-order valence-electron chi connectivity index (χ4n) is 1.82. The normalized spacial score (nSPS) is 10.5. The second-order valence-corrected chi connectivity index (χ2v) is 5.56. The third-order valence-electron chi connectivity index (χ3n) is 2.97. The molecular weight excluding hydrogens is 315 g/mol. The van der Waals surface area contributed by atoms with Gasteiger partial charge in [-0.3, -0.25) is 9.59 Å². The summed E-state index contributed by atoms with van der Waals surface area (Å²) in [6, 6.07) is 3.08. The van der Waals surface area contributed by atoms with Crippen molar-refractivity contribution < 1.29 is 22.8 Å². The first-order valence-electron chi connectivity index (χ1n) is 6.36. The summed E-state index contributed by atoms with van der Waals surface area (Å²) in [5, 5.41) is 4.00. The molecule has 0 spiro atoms. The van der Waals surface area contributed by atoms with E-state index in [9.17, 15) is 22.8 Å². The SMILES string of the molecule is CC(=O)c1cc(CC(=O)NCc2c(F)ccc(F)c2F)cs1. The monoisotopic (exact) mass is 327 g/mol. The molecule has 0 aliphatic heterocycles. The molecule has 0 radical (unpaired) electrons. The topological polar surface area (TPSA) is 46.2 Å². The molecule has 0 aliphatic rings. The number of nitrogens with one attached hydrogen (secondary N) is 1. The van der Waals surface area contributed by atoms with Crippen LogP contribution in [-0.4, -0.2) is 11.7 Å². The number of thiophene rings is 1. The second-order valence-electron chi connectivity index (χ2n) is 4.65. The molecule has 0 saturated carbocycles. The van der Waals surface area contributed by atoms with Crippen molar-refractivity contribution in [2.75, 3.05) is 0 Å². The van der Waals surface area contributed by atoms with E-state index in [-0.39, 0.29) is 12.2 Å². The number of hydrogen-bond acceptors (Lipinski definition) is 3. The summed E-state index contributed by atoms with van der Waals surface area (Å²) in [7, 11) is 0. The van der Waals surface area contributed by atoms with Gasteiger partial charge in [0, 0.05) is 12.1 Å². The van der Waals surface area contributed by atoms with Crippen molar-refractivity contribution in [3.63, 3.8) is 0 Å². The van der Waals surface area contributed by atoms with Crippen molar-refractivity contribution in [1.29, 1.82) is 0 Å². The number of carbonyl (C=O) groups excluding carboxylic acids is 2. The average Bonchev–Trinajstić information content (AvgIpc) is 2.92. The van der Waals surface area contributed by atoms with Crippen LogP contribution in [0, 0.1) is 17.5 Å². The molecule has 1 N–H and O–H groups in total. The number of benzene rings is 1. The van der Waals surface area contributed by atoms with Gasteiger partial charge >= 0.3 is 0 Å². The number of hydrogen-bond donors (Lipinski definition) is 1. The standard InChI is InChI=1S/C15H12F3NO2S/c1-8(20)13-4-9(7-22-13)5-14(21)19-6-10-11(16)2-3-12(17)15(10)18/h2-4,7H,5-6H2,1H3,(H,19,21). The van der Waals surface area contributed by atoms with Crippen molar-refractivity contribution in [2.45, 2.75) is 19.9 Å². The number of rotatable bonds is 5. The number of amides is 1. The fraction of sp³-hybridized carbons (Fsp3) is 0.200. The molecule has 22 heavy (non-hydrogen) atoms. The maximum absolute atomic E-state index is 13.4. The van der Waals surface area contributed by atoms with Crippen LogP contribution in [0.2, 0.25) is 0 Å². The zero-order valence-corrected chi connectivity index (χ0v) is 12.4. The largest absolute Gasteiger partial charge is 0.352 e. The van der Waals surface area contributed by atoms with Gasteiger partial charge in [-0.25, -0.2) is 13.2 Å². The van der Waals surface area contributed by atoms with Crippen molar-refractivity contribution in [1.82, 2.24) is 5.32 Å². The van der Waals surface area contributed by atoms with E-state index in [4.69, 9.17) is 0 Å². The van der Waals surface area contributed by atoms with Crippen LogP contribution in [-0.2, 0) is 17.8 Å². The fourth-order valence-corrected chi connectivity index (χ4v) is 2.63. The van der Waals surface area contributed by atoms with Gasteiger partial charge in [-0.15, -0.1) is 11.3 Å². The highest BCUT2D eigenvalue weighted by Crippen LogP contribution is 2.17. The smallest absolute Gasteiger partial charge is 0.224 e. The first-order valence-corrected chi connectivity index (χ1v) is 7.24. The summed E-state index contributed by atoms with van der Waals surface area (Å²) in [5.74, 6) is -3.98. The lowest BCUT2D eigenvalue weighted by Gasteiger charge is -2.07. The molecule has 1 amide bonds. The molecule has 1 heterocycles. The lowest BCUT2D eigenvalue weighted by Crippen LogP contribution is -2.25. The first-order chi connectivity index (χ1) is 10.4. The van der Waals surface area contributed by atoms with Gasteiger partial charge in [0.25, 0.3) is 0 Å². The van der Waals surface area contributed by atoms with Crippen LogP contribution in [0.3, 0.4) is 0 Å². The summed E-state index contributed by atoms with van der Waals surface area (Å²) in [4.78, 5) is 23.4. The van der Waals surface area contributed by atoms with E-state index >= 15 is 0 Å². The molecule has 0 fully saturated rings. The zero-order valence-electron chi connectivity index (χ0n) is 11.6. The number of Topliss-reactive ketones (excluding diaryl/α,β-unsaturated/α-hetero) is 1. The summed E-state index contributed by atoms with van der Waals surface area (Å²) in [6.07, 6.45) is -0.0255. The number of ketones is 1. The molecule has 0 saturated heterocycles. The van der Waals surface area contributed by atoms with Crippen LogP contribution in [0.15, 0.2) is 23.6 Å². The summed E-state index contributed by atoms with van der Waals surface area (Å²) in [6.45, 7) is 0.975. The highest BCUT2D eigenvalue weighted by Gasteiger charge is 2.15. The Kier molecular flexibility index (Phi) is 4.97. The van der Waals surface area contributed by atoms with Gasteiger partial charge in [0.2, 0.25) is 5.91 Å². The van der Waals surface area contributed by atoms with E-state index in [2.05, 4.69) is 5.32 Å². The van der Waals surface area contributed by atoms with Crippen molar-refractivity contribution in [3.05, 3.63) is 57.0 Å². The molecule has 1 aromatic heterocycles. The van der Waals surface area contributed by atoms with Gasteiger partial charge in [-0.1, -0.05) is 0 Å². The average molecular weight is 327 g/mol. The number of carbonyl (C=O) groups is 2. The van der Waals surface area contributed by atoms with Gasteiger partial charge in [-0.05, 0) is 36.1 Å². The van der Waals surface area contributed by atoms with E-state index in [0.29, 0.717) is 16.5 Å². The summed E-state index contributed by atoms with van der Waals surface area (Å²) >= 11 is 1.22. The summed E-state index contributed by atoms with van der Waals surface area (Å²) in [5.41, 5.74) is 0.107. The minimum Gasteiger partial charge on any atom is -0.352 e. The Morgan fingerprint density at radius 2 is 1.86 bits per heavy atom. The minimum atomic E-state index is -1.31. The van der Waals surface area contributed by atoms with Crippen LogP contribution in [0.1, 0.15) is 27.7 Å². The Morgan fingerprint density at radius 1 is 1.18 bits per heavy atom. The van der Waals surface area contributed by atoms with Gasteiger partial charge in [-0.2, -0.15) is 0 Å². The Bertz CT molecular complexity index is 728.